The summed E-state index contributed by atoms with van der Waals surface area (Å²) in [6.07, 6.45) is 2.56. The molecule has 1 aliphatic rings. The molecule has 0 bridgehead atoms. The van der Waals surface area contributed by atoms with E-state index in [-0.39, 0.29) is 0 Å². The summed E-state index contributed by atoms with van der Waals surface area (Å²) >= 11 is 0. The third kappa shape index (κ3) is 1.92. The van der Waals surface area contributed by atoms with Crippen LogP contribution in [0.5, 0.6) is 0 Å². The highest BCUT2D eigenvalue weighted by molar-refractivity contribution is 5.27. The Morgan fingerprint density at radius 2 is 1.80 bits per heavy atom. The minimum atomic E-state index is 0.310. The van der Waals surface area contributed by atoms with Crippen molar-refractivity contribution in [2.24, 2.45) is 0 Å². The van der Waals surface area contributed by atoms with Crippen LogP contribution in [0, 0.1) is 0 Å². The Labute approximate surface area is 92.3 Å². The standard InChI is InChI=1S/C13H20N2/c1-14-13(9-10-13)12(15(2)3)11-7-5-4-6-8-11/h4-8,12,14H,9-10H2,1-3H3. The fourth-order valence-electron chi connectivity index (χ4n) is 2.54. The van der Waals surface area contributed by atoms with Crippen molar-refractivity contribution in [2.75, 3.05) is 21.1 Å². The Kier molecular flexibility index (Phi) is 2.81. The molecule has 1 saturated carbocycles. The molecule has 0 aromatic heterocycles. The average molecular weight is 204 g/mol. The molecule has 1 N–H and O–H groups in total. The first-order valence-corrected chi connectivity index (χ1v) is 5.60. The second-order valence-electron chi connectivity index (χ2n) is 4.68. The van der Waals surface area contributed by atoms with E-state index in [9.17, 15) is 0 Å². The molecule has 0 spiro atoms. The van der Waals surface area contributed by atoms with Crippen LogP contribution >= 0.6 is 0 Å². The lowest BCUT2D eigenvalue weighted by Gasteiger charge is -2.33. The lowest BCUT2D eigenvalue weighted by Crippen LogP contribution is -2.41. The minimum Gasteiger partial charge on any atom is -0.313 e. The van der Waals surface area contributed by atoms with Crippen molar-refractivity contribution in [3.05, 3.63) is 35.9 Å². The highest BCUT2D eigenvalue weighted by Crippen LogP contribution is 2.47. The summed E-state index contributed by atoms with van der Waals surface area (Å²) < 4.78 is 0. The number of hydrogen-bond donors (Lipinski definition) is 1. The van der Waals surface area contributed by atoms with Gasteiger partial charge in [-0.05, 0) is 39.5 Å². The van der Waals surface area contributed by atoms with Gasteiger partial charge in [-0.25, -0.2) is 0 Å². The number of rotatable bonds is 4. The number of hydrogen-bond acceptors (Lipinski definition) is 2. The van der Waals surface area contributed by atoms with Crippen LogP contribution in [0.2, 0.25) is 0 Å². The molecule has 1 unspecified atom stereocenters. The van der Waals surface area contributed by atoms with E-state index < -0.39 is 0 Å². The van der Waals surface area contributed by atoms with E-state index in [0.717, 1.165) is 0 Å². The molecule has 82 valence electrons. The summed E-state index contributed by atoms with van der Waals surface area (Å²) in [5, 5.41) is 3.49. The van der Waals surface area contributed by atoms with E-state index in [1.807, 2.05) is 0 Å². The maximum atomic E-state index is 3.49. The molecule has 1 fully saturated rings. The van der Waals surface area contributed by atoms with Crippen LogP contribution in [-0.4, -0.2) is 31.6 Å². The third-order valence-electron chi connectivity index (χ3n) is 3.44. The van der Waals surface area contributed by atoms with Gasteiger partial charge in [0.25, 0.3) is 0 Å². The van der Waals surface area contributed by atoms with Gasteiger partial charge >= 0.3 is 0 Å². The van der Waals surface area contributed by atoms with Gasteiger partial charge in [-0.15, -0.1) is 0 Å². The fraction of sp³-hybridized carbons (Fsp3) is 0.538. The summed E-state index contributed by atoms with van der Waals surface area (Å²) in [4.78, 5) is 2.32. The smallest absolute Gasteiger partial charge is 0.0525 e. The minimum absolute atomic E-state index is 0.310. The second-order valence-corrected chi connectivity index (χ2v) is 4.68. The van der Waals surface area contributed by atoms with Gasteiger partial charge in [0.05, 0.1) is 6.04 Å². The average Bonchev–Trinajstić information content (AvgIpc) is 3.00. The molecule has 0 radical (unpaired) electrons. The fourth-order valence-corrected chi connectivity index (χ4v) is 2.54. The van der Waals surface area contributed by atoms with Crippen LogP contribution in [0.1, 0.15) is 24.4 Å². The molecule has 2 rings (SSSR count). The van der Waals surface area contributed by atoms with Gasteiger partial charge < -0.3 is 10.2 Å². The molecule has 15 heavy (non-hydrogen) atoms. The molecule has 0 heterocycles. The monoisotopic (exact) mass is 204 g/mol. The Morgan fingerprint density at radius 1 is 1.20 bits per heavy atom. The zero-order valence-electron chi connectivity index (χ0n) is 9.83. The Balaban J connectivity index is 2.29. The molecule has 0 saturated heterocycles. The Morgan fingerprint density at radius 3 is 2.20 bits per heavy atom. The van der Waals surface area contributed by atoms with Crippen LogP contribution in [0.3, 0.4) is 0 Å². The van der Waals surface area contributed by atoms with Gasteiger partial charge in [0.1, 0.15) is 0 Å². The molecule has 0 amide bonds. The maximum absolute atomic E-state index is 3.49. The highest BCUT2D eigenvalue weighted by atomic mass is 15.2. The van der Waals surface area contributed by atoms with E-state index >= 15 is 0 Å². The van der Waals surface area contributed by atoms with Gasteiger partial charge in [-0.1, -0.05) is 30.3 Å². The molecular formula is C13H20N2. The van der Waals surface area contributed by atoms with Crippen molar-refractivity contribution in [1.82, 2.24) is 10.2 Å². The zero-order chi connectivity index (χ0) is 10.9. The van der Waals surface area contributed by atoms with E-state index in [1.54, 1.807) is 0 Å². The lowest BCUT2D eigenvalue weighted by molar-refractivity contribution is 0.223. The normalized spacial score (nSPS) is 20.3. The zero-order valence-corrected chi connectivity index (χ0v) is 9.83. The predicted octanol–water partition coefficient (Wildman–Crippen LogP) is 2.04. The highest BCUT2D eigenvalue weighted by Gasteiger charge is 2.49. The van der Waals surface area contributed by atoms with Crippen molar-refractivity contribution < 1.29 is 0 Å². The molecule has 1 aromatic rings. The number of nitrogens with zero attached hydrogens (tertiary/aromatic N) is 1. The van der Waals surface area contributed by atoms with Gasteiger partial charge in [-0.3, -0.25) is 0 Å². The van der Waals surface area contributed by atoms with Crippen molar-refractivity contribution in [3.8, 4) is 0 Å². The van der Waals surface area contributed by atoms with Gasteiger partial charge in [0.2, 0.25) is 0 Å². The van der Waals surface area contributed by atoms with E-state index in [1.165, 1.54) is 18.4 Å². The summed E-state index contributed by atoms with van der Waals surface area (Å²) in [6.45, 7) is 0. The van der Waals surface area contributed by atoms with Gasteiger partial charge in [0, 0.05) is 5.54 Å². The van der Waals surface area contributed by atoms with Crippen molar-refractivity contribution >= 4 is 0 Å². The number of likely N-dealkylation sites (N-methyl/N-ethyl adjacent to an activating group) is 2. The largest absolute Gasteiger partial charge is 0.313 e. The predicted molar refractivity (Wildman–Crippen MR) is 63.9 cm³/mol. The topological polar surface area (TPSA) is 15.3 Å². The maximum Gasteiger partial charge on any atom is 0.0525 e. The molecule has 1 aliphatic carbocycles. The van der Waals surface area contributed by atoms with E-state index in [4.69, 9.17) is 0 Å². The van der Waals surface area contributed by atoms with Gasteiger partial charge in [0.15, 0.2) is 0 Å². The van der Waals surface area contributed by atoms with E-state index in [0.29, 0.717) is 11.6 Å². The molecule has 1 aromatic carbocycles. The Hall–Kier alpha value is -0.860. The van der Waals surface area contributed by atoms with Crippen LogP contribution < -0.4 is 5.32 Å². The molecule has 0 aliphatic heterocycles. The second kappa shape index (κ2) is 3.95. The van der Waals surface area contributed by atoms with Crippen molar-refractivity contribution in [2.45, 2.75) is 24.4 Å². The summed E-state index contributed by atoms with van der Waals surface area (Å²) in [6, 6.07) is 11.3. The quantitative estimate of drug-likeness (QED) is 0.807. The van der Waals surface area contributed by atoms with Gasteiger partial charge in [-0.2, -0.15) is 0 Å². The number of nitrogens with one attached hydrogen (secondary N) is 1. The Bertz CT molecular complexity index is 315. The molecular weight excluding hydrogens is 184 g/mol. The van der Waals surface area contributed by atoms with Crippen LogP contribution in [0.15, 0.2) is 30.3 Å². The first-order valence-electron chi connectivity index (χ1n) is 5.60. The molecule has 1 atom stereocenters. The molecule has 2 nitrogen and oxygen atoms in total. The SMILES string of the molecule is CNC1(C(c2ccccc2)N(C)C)CC1. The van der Waals surface area contributed by atoms with E-state index in [2.05, 4.69) is 61.7 Å². The first kappa shape index (κ1) is 10.7. The lowest BCUT2D eigenvalue weighted by atomic mass is 9.96. The molecule has 2 heteroatoms. The summed E-state index contributed by atoms with van der Waals surface area (Å²) in [7, 11) is 6.40. The van der Waals surface area contributed by atoms with Crippen LogP contribution in [0.4, 0.5) is 0 Å². The number of benzene rings is 1. The van der Waals surface area contributed by atoms with Crippen LogP contribution in [0.25, 0.3) is 0 Å². The van der Waals surface area contributed by atoms with Crippen molar-refractivity contribution in [1.29, 1.82) is 0 Å². The third-order valence-corrected chi connectivity index (χ3v) is 3.44. The summed E-state index contributed by atoms with van der Waals surface area (Å²) in [5.41, 5.74) is 1.72. The van der Waals surface area contributed by atoms with Crippen LogP contribution in [-0.2, 0) is 0 Å². The van der Waals surface area contributed by atoms with Crippen molar-refractivity contribution in [3.63, 3.8) is 0 Å². The first-order chi connectivity index (χ1) is 7.19. The summed E-state index contributed by atoms with van der Waals surface area (Å²) in [5.74, 6) is 0.